The molecule has 2 heterocycles. The summed E-state index contributed by atoms with van der Waals surface area (Å²) in [6.07, 6.45) is 0.363. The van der Waals surface area contributed by atoms with Crippen molar-refractivity contribution in [2.24, 2.45) is 0 Å². The summed E-state index contributed by atoms with van der Waals surface area (Å²) in [6, 6.07) is -1.22. The van der Waals surface area contributed by atoms with E-state index in [1.54, 1.807) is 0 Å². The van der Waals surface area contributed by atoms with Crippen molar-refractivity contribution in [3.05, 3.63) is 0 Å². The first-order chi connectivity index (χ1) is 7.95. The number of carboxylic acid groups (broad SMARTS) is 1. The molecule has 2 rings (SSSR count). The third-order valence-corrected chi connectivity index (χ3v) is 5.22. The van der Waals surface area contributed by atoms with E-state index in [2.05, 4.69) is 0 Å². The van der Waals surface area contributed by atoms with Crippen LogP contribution in [0.5, 0.6) is 0 Å². The summed E-state index contributed by atoms with van der Waals surface area (Å²) in [4.78, 5) is 23.1. The van der Waals surface area contributed by atoms with Crippen LogP contribution < -0.4 is 0 Å². The van der Waals surface area contributed by atoms with E-state index in [0.29, 0.717) is 19.1 Å². The number of amides is 1. The highest BCUT2D eigenvalue weighted by atomic mass is 32.2. The molecule has 1 amide bonds. The molecule has 0 spiro atoms. The van der Waals surface area contributed by atoms with Crippen LogP contribution in [-0.4, -0.2) is 66.0 Å². The van der Waals surface area contributed by atoms with Crippen molar-refractivity contribution < 1.29 is 23.1 Å². The summed E-state index contributed by atoms with van der Waals surface area (Å²) >= 11 is 0. The van der Waals surface area contributed by atoms with Gasteiger partial charge in [0.1, 0.15) is 6.29 Å². The quantitative estimate of drug-likeness (QED) is 0.633. The van der Waals surface area contributed by atoms with E-state index >= 15 is 0 Å². The minimum Gasteiger partial charge on any atom is -0.465 e. The zero-order chi connectivity index (χ0) is 12.6. The number of carbonyl (C=O) groups is 2. The zero-order valence-corrected chi connectivity index (χ0v) is 9.97. The fourth-order valence-electron chi connectivity index (χ4n) is 2.41. The third-order valence-electron chi connectivity index (χ3n) is 3.28. The molecule has 3 unspecified atom stereocenters. The largest absolute Gasteiger partial charge is 0.465 e. The summed E-state index contributed by atoms with van der Waals surface area (Å²) in [5, 5.41) is 9.03. The van der Waals surface area contributed by atoms with Crippen LogP contribution in [0.2, 0.25) is 0 Å². The van der Waals surface area contributed by atoms with Gasteiger partial charge in [0.2, 0.25) is 10.0 Å². The molecule has 0 aromatic carbocycles. The van der Waals surface area contributed by atoms with E-state index in [4.69, 9.17) is 5.11 Å². The van der Waals surface area contributed by atoms with E-state index in [1.807, 2.05) is 0 Å². The maximum Gasteiger partial charge on any atom is 0.407 e. The van der Waals surface area contributed by atoms with E-state index in [9.17, 15) is 18.0 Å². The lowest BCUT2D eigenvalue weighted by Crippen LogP contribution is -2.60. The second kappa shape index (κ2) is 4.26. The predicted molar refractivity (Wildman–Crippen MR) is 58.1 cm³/mol. The van der Waals surface area contributed by atoms with Crippen molar-refractivity contribution in [2.45, 2.75) is 24.9 Å². The van der Waals surface area contributed by atoms with E-state index in [-0.39, 0.29) is 24.9 Å². The van der Waals surface area contributed by atoms with Gasteiger partial charge in [0.25, 0.3) is 0 Å². The average molecular weight is 262 g/mol. The van der Waals surface area contributed by atoms with Crippen LogP contribution in [0.25, 0.3) is 0 Å². The van der Waals surface area contributed by atoms with Gasteiger partial charge >= 0.3 is 6.09 Å². The fraction of sp³-hybridized carbons (Fsp3) is 0.778. The highest BCUT2D eigenvalue weighted by molar-refractivity contribution is 7.89. The number of sulfonamides is 1. The zero-order valence-electron chi connectivity index (χ0n) is 9.15. The Kier molecular flexibility index (Phi) is 3.09. The van der Waals surface area contributed by atoms with Gasteiger partial charge in [-0.2, -0.15) is 4.31 Å². The van der Waals surface area contributed by atoms with Crippen molar-refractivity contribution in [3.8, 4) is 0 Å². The molecule has 2 saturated heterocycles. The topological polar surface area (TPSA) is 95.0 Å². The van der Waals surface area contributed by atoms with Crippen LogP contribution in [0.3, 0.4) is 0 Å². The average Bonchev–Trinajstić information content (AvgIpc) is 2.38. The second-order valence-corrected chi connectivity index (χ2v) is 6.36. The molecular weight excluding hydrogens is 248 g/mol. The maximum atomic E-state index is 11.9. The number of nitrogens with zero attached hydrogens (tertiary/aromatic N) is 2. The predicted octanol–water partition coefficient (Wildman–Crippen LogP) is -0.658. The lowest BCUT2D eigenvalue weighted by molar-refractivity contribution is -0.112. The summed E-state index contributed by atoms with van der Waals surface area (Å²) in [7, 11) is -3.42. The van der Waals surface area contributed by atoms with Gasteiger partial charge in [0.05, 0.1) is 11.8 Å². The monoisotopic (exact) mass is 262 g/mol. The number of carbonyl (C=O) groups excluding carboxylic acids is 1. The smallest absolute Gasteiger partial charge is 0.407 e. The van der Waals surface area contributed by atoms with Gasteiger partial charge in [-0.05, 0) is 12.8 Å². The molecule has 8 heteroatoms. The van der Waals surface area contributed by atoms with Gasteiger partial charge in [-0.15, -0.1) is 0 Å². The molecule has 17 heavy (non-hydrogen) atoms. The molecule has 0 aliphatic carbocycles. The molecule has 2 bridgehead atoms. The second-order valence-electron chi connectivity index (χ2n) is 4.32. The van der Waals surface area contributed by atoms with Crippen LogP contribution in [0, 0.1) is 0 Å². The van der Waals surface area contributed by atoms with Crippen LogP contribution in [0.1, 0.15) is 12.8 Å². The van der Waals surface area contributed by atoms with Crippen LogP contribution >= 0.6 is 0 Å². The third kappa shape index (κ3) is 2.14. The minimum absolute atomic E-state index is 0.0126. The molecule has 7 nitrogen and oxygen atoms in total. The highest BCUT2D eigenvalue weighted by Crippen LogP contribution is 2.25. The van der Waals surface area contributed by atoms with Crippen LogP contribution in [0.15, 0.2) is 0 Å². The first-order valence-corrected chi connectivity index (χ1v) is 7.01. The maximum absolute atomic E-state index is 11.9. The standard InChI is InChI=1S/C9H14N2O5S/c12-6-8-4-10(9(13)14)7-2-1-3-17(15,16)11(8)5-7/h6-8H,1-5H2,(H,13,14). The van der Waals surface area contributed by atoms with Crippen molar-refractivity contribution >= 4 is 22.4 Å². The minimum atomic E-state index is -3.42. The number of hydrogen-bond acceptors (Lipinski definition) is 4. The summed E-state index contributed by atoms with van der Waals surface area (Å²) in [5.41, 5.74) is 0. The van der Waals surface area contributed by atoms with E-state index in [0.717, 1.165) is 4.31 Å². The van der Waals surface area contributed by atoms with Gasteiger partial charge in [-0.3, -0.25) is 0 Å². The van der Waals surface area contributed by atoms with Crippen molar-refractivity contribution in [1.29, 1.82) is 0 Å². The Bertz CT molecular complexity index is 435. The Morgan fingerprint density at radius 3 is 2.65 bits per heavy atom. The molecule has 0 aromatic heterocycles. The van der Waals surface area contributed by atoms with Gasteiger partial charge in [-0.1, -0.05) is 0 Å². The molecule has 0 saturated carbocycles. The van der Waals surface area contributed by atoms with Crippen molar-refractivity contribution in [2.75, 3.05) is 18.8 Å². The molecule has 2 aliphatic rings. The first kappa shape index (κ1) is 12.3. The Hall–Kier alpha value is -1.15. The number of rotatable bonds is 1. The van der Waals surface area contributed by atoms with Crippen LogP contribution in [-0.2, 0) is 14.8 Å². The molecule has 1 N–H and O–H groups in total. The molecule has 0 radical (unpaired) electrons. The van der Waals surface area contributed by atoms with Gasteiger partial charge in [-0.25, -0.2) is 13.2 Å². The Balaban J connectivity index is 2.34. The van der Waals surface area contributed by atoms with Crippen LogP contribution in [0.4, 0.5) is 4.79 Å². The number of aldehydes is 1. The number of fused-ring (bicyclic) bond motifs is 2. The van der Waals surface area contributed by atoms with Gasteiger partial charge in [0.15, 0.2) is 0 Å². The van der Waals surface area contributed by atoms with E-state index in [1.165, 1.54) is 4.90 Å². The number of hydrogen-bond donors (Lipinski definition) is 1. The van der Waals surface area contributed by atoms with Crippen molar-refractivity contribution in [3.63, 3.8) is 0 Å². The Morgan fingerprint density at radius 1 is 1.35 bits per heavy atom. The Morgan fingerprint density at radius 2 is 2.06 bits per heavy atom. The van der Waals surface area contributed by atoms with Gasteiger partial charge in [0, 0.05) is 19.1 Å². The fourth-order valence-corrected chi connectivity index (χ4v) is 4.11. The lowest BCUT2D eigenvalue weighted by atomic mass is 10.1. The van der Waals surface area contributed by atoms with E-state index < -0.39 is 22.2 Å². The SMILES string of the molecule is O=CC1CN(C(=O)O)C2CCCS(=O)(=O)N1C2. The summed E-state index contributed by atoms with van der Waals surface area (Å²) < 4.78 is 24.9. The molecule has 3 atom stereocenters. The molecular formula is C9H14N2O5S. The Labute approximate surface area is 99.0 Å². The molecule has 96 valence electrons. The summed E-state index contributed by atoms with van der Waals surface area (Å²) in [5.74, 6) is -0.0126. The lowest BCUT2D eigenvalue weighted by Gasteiger charge is -2.40. The first-order valence-electron chi connectivity index (χ1n) is 5.40. The van der Waals surface area contributed by atoms with Gasteiger partial charge < -0.3 is 14.8 Å². The normalized spacial score (nSPS) is 36.0. The molecule has 2 aliphatic heterocycles. The van der Waals surface area contributed by atoms with Crippen molar-refractivity contribution in [1.82, 2.24) is 9.21 Å². The highest BCUT2D eigenvalue weighted by Gasteiger charge is 2.43. The molecule has 0 aromatic rings. The summed E-state index contributed by atoms with van der Waals surface area (Å²) in [6.45, 7) is 0.0285. The number of piperazine rings is 1. The molecule has 2 fully saturated rings.